The summed E-state index contributed by atoms with van der Waals surface area (Å²) in [5.41, 5.74) is -0.475. The molecule has 86 valence electrons. The monoisotopic (exact) mass is 210 g/mol. The average Bonchev–Trinajstić information content (AvgIpc) is 2.49. The van der Waals surface area contributed by atoms with Crippen LogP contribution in [0.2, 0.25) is 0 Å². The van der Waals surface area contributed by atoms with E-state index in [4.69, 9.17) is 4.74 Å². The number of hydrogen-bond donors (Lipinski definition) is 1. The van der Waals surface area contributed by atoms with Gasteiger partial charge in [0, 0.05) is 6.42 Å². The summed E-state index contributed by atoms with van der Waals surface area (Å²) < 4.78 is 5.55. The molecule has 0 spiro atoms. The first-order valence-corrected chi connectivity index (χ1v) is 5.97. The second-order valence-electron chi connectivity index (χ2n) is 6.09. The number of aliphatic hydroxyl groups is 1. The van der Waals surface area contributed by atoms with E-state index in [2.05, 4.69) is 26.8 Å². The molecule has 1 saturated carbocycles. The minimum Gasteiger partial charge on any atom is -0.495 e. The molecule has 0 bridgehead atoms. The van der Waals surface area contributed by atoms with Crippen LogP contribution in [-0.4, -0.2) is 17.3 Å². The number of hydrogen-bond acceptors (Lipinski definition) is 2. The van der Waals surface area contributed by atoms with Crippen molar-refractivity contribution in [3.63, 3.8) is 0 Å². The van der Waals surface area contributed by atoms with Gasteiger partial charge >= 0.3 is 0 Å². The van der Waals surface area contributed by atoms with E-state index in [1.807, 2.05) is 0 Å². The second-order valence-corrected chi connectivity index (χ2v) is 6.09. The fourth-order valence-corrected chi connectivity index (χ4v) is 3.46. The van der Waals surface area contributed by atoms with E-state index in [1.54, 1.807) is 0 Å². The summed E-state index contributed by atoms with van der Waals surface area (Å²) in [6.45, 7) is 7.44. The van der Waals surface area contributed by atoms with Crippen molar-refractivity contribution in [3.05, 3.63) is 11.8 Å². The minimum atomic E-state index is -0.697. The zero-order valence-corrected chi connectivity index (χ0v) is 10.0. The Balaban J connectivity index is 2.19. The first-order chi connectivity index (χ1) is 6.91. The summed E-state index contributed by atoms with van der Waals surface area (Å²) in [6.07, 6.45) is 5.89. The molecule has 0 amide bonds. The normalized spacial score (nSPS) is 39.7. The van der Waals surface area contributed by atoms with Gasteiger partial charge in [-0.15, -0.1) is 0 Å². The van der Waals surface area contributed by atoms with Crippen molar-refractivity contribution in [1.82, 2.24) is 0 Å². The molecule has 2 nitrogen and oxygen atoms in total. The van der Waals surface area contributed by atoms with Crippen LogP contribution < -0.4 is 0 Å². The molecule has 2 unspecified atom stereocenters. The van der Waals surface area contributed by atoms with Crippen LogP contribution >= 0.6 is 0 Å². The zero-order chi connectivity index (χ0) is 11.1. The van der Waals surface area contributed by atoms with Crippen molar-refractivity contribution >= 4 is 0 Å². The molecule has 0 radical (unpaired) electrons. The Hall–Kier alpha value is -0.500. The maximum absolute atomic E-state index is 10.7. The highest BCUT2D eigenvalue weighted by Crippen LogP contribution is 2.47. The highest BCUT2D eigenvalue weighted by molar-refractivity contribution is 5.16. The first kappa shape index (κ1) is 11.0. The summed E-state index contributed by atoms with van der Waals surface area (Å²) in [5.74, 6) is 1.41. The molecule has 0 aromatic heterocycles. The van der Waals surface area contributed by atoms with Gasteiger partial charge in [-0.25, -0.2) is 0 Å². The van der Waals surface area contributed by atoms with Gasteiger partial charge in [-0.1, -0.05) is 20.8 Å². The van der Waals surface area contributed by atoms with Crippen molar-refractivity contribution in [2.75, 3.05) is 6.61 Å². The molecule has 0 aromatic rings. The maximum atomic E-state index is 10.7. The van der Waals surface area contributed by atoms with E-state index in [0.29, 0.717) is 5.92 Å². The average molecular weight is 210 g/mol. The highest BCUT2D eigenvalue weighted by Gasteiger charge is 2.45. The highest BCUT2D eigenvalue weighted by atomic mass is 16.5. The molecular formula is C13H22O2. The number of ether oxygens (including phenoxy) is 1. The van der Waals surface area contributed by atoms with Gasteiger partial charge in [-0.05, 0) is 36.7 Å². The summed E-state index contributed by atoms with van der Waals surface area (Å²) in [7, 11) is 0. The van der Waals surface area contributed by atoms with Crippen molar-refractivity contribution in [3.8, 4) is 0 Å². The summed E-state index contributed by atoms with van der Waals surface area (Å²) in [6, 6.07) is 0. The van der Waals surface area contributed by atoms with Crippen molar-refractivity contribution in [2.45, 2.75) is 52.1 Å². The quantitative estimate of drug-likeness (QED) is 0.721. The fraction of sp³-hybridized carbons (Fsp3) is 0.846. The van der Waals surface area contributed by atoms with E-state index < -0.39 is 5.60 Å². The van der Waals surface area contributed by atoms with Crippen molar-refractivity contribution in [2.24, 2.45) is 11.3 Å². The topological polar surface area (TPSA) is 29.5 Å². The maximum Gasteiger partial charge on any atom is 0.124 e. The zero-order valence-electron chi connectivity index (χ0n) is 10.0. The summed E-state index contributed by atoms with van der Waals surface area (Å²) >= 11 is 0. The lowest BCUT2D eigenvalue weighted by atomic mass is 9.65. The lowest BCUT2D eigenvalue weighted by Gasteiger charge is -2.44. The molecule has 1 N–H and O–H groups in total. The van der Waals surface area contributed by atoms with Gasteiger partial charge in [0.25, 0.3) is 0 Å². The molecule has 1 aliphatic carbocycles. The molecule has 15 heavy (non-hydrogen) atoms. The molecule has 0 saturated heterocycles. The lowest BCUT2D eigenvalue weighted by Crippen LogP contribution is -2.43. The Morgan fingerprint density at radius 1 is 1.40 bits per heavy atom. The third kappa shape index (κ3) is 2.20. The van der Waals surface area contributed by atoms with E-state index in [0.717, 1.165) is 31.6 Å². The summed E-state index contributed by atoms with van der Waals surface area (Å²) in [4.78, 5) is 0. The van der Waals surface area contributed by atoms with Gasteiger partial charge in [0.2, 0.25) is 0 Å². The molecule has 2 heteroatoms. The van der Waals surface area contributed by atoms with Crippen LogP contribution in [0.3, 0.4) is 0 Å². The van der Waals surface area contributed by atoms with Gasteiger partial charge in [-0.3, -0.25) is 0 Å². The van der Waals surface area contributed by atoms with Gasteiger partial charge in [0.05, 0.1) is 6.61 Å². The Morgan fingerprint density at radius 3 is 2.67 bits per heavy atom. The van der Waals surface area contributed by atoms with Crippen LogP contribution in [0.15, 0.2) is 11.8 Å². The van der Waals surface area contributed by atoms with Gasteiger partial charge in [-0.2, -0.15) is 0 Å². The second kappa shape index (κ2) is 3.51. The van der Waals surface area contributed by atoms with Crippen molar-refractivity contribution in [1.29, 1.82) is 0 Å². The predicted molar refractivity (Wildman–Crippen MR) is 60.4 cm³/mol. The largest absolute Gasteiger partial charge is 0.495 e. The smallest absolute Gasteiger partial charge is 0.124 e. The Bertz CT molecular complexity index is 280. The molecule has 1 fully saturated rings. The molecule has 1 aliphatic heterocycles. The molecule has 2 atom stereocenters. The SMILES string of the molecule is CC1CC(C)(C)CC(O)(C2=CCCO2)C1. The lowest BCUT2D eigenvalue weighted by molar-refractivity contribution is -0.0624. The molecular weight excluding hydrogens is 188 g/mol. The van der Waals surface area contributed by atoms with Crippen LogP contribution in [0.25, 0.3) is 0 Å². The Morgan fingerprint density at radius 2 is 2.13 bits per heavy atom. The fourth-order valence-electron chi connectivity index (χ4n) is 3.46. The molecule has 2 rings (SSSR count). The van der Waals surface area contributed by atoms with Crippen LogP contribution in [0.5, 0.6) is 0 Å². The van der Waals surface area contributed by atoms with E-state index in [-0.39, 0.29) is 5.41 Å². The van der Waals surface area contributed by atoms with Crippen molar-refractivity contribution < 1.29 is 9.84 Å². The standard InChI is InChI=1S/C13H22O2/c1-10-7-12(2,3)9-13(14,8-10)11-5-4-6-15-11/h5,10,14H,4,6-9H2,1-3H3. The van der Waals surface area contributed by atoms with Crippen LogP contribution in [0.4, 0.5) is 0 Å². The Kier molecular flexibility index (Phi) is 2.58. The van der Waals surface area contributed by atoms with Gasteiger partial charge in [0.1, 0.15) is 11.4 Å². The van der Waals surface area contributed by atoms with E-state index in [1.165, 1.54) is 6.42 Å². The van der Waals surface area contributed by atoms with E-state index >= 15 is 0 Å². The van der Waals surface area contributed by atoms with Gasteiger partial charge < -0.3 is 9.84 Å². The van der Waals surface area contributed by atoms with Crippen LogP contribution in [0, 0.1) is 11.3 Å². The van der Waals surface area contributed by atoms with Crippen LogP contribution in [-0.2, 0) is 4.74 Å². The third-order valence-corrected chi connectivity index (χ3v) is 3.52. The minimum absolute atomic E-state index is 0.221. The third-order valence-electron chi connectivity index (χ3n) is 3.52. The first-order valence-electron chi connectivity index (χ1n) is 5.97. The predicted octanol–water partition coefficient (Wildman–Crippen LogP) is 2.87. The summed E-state index contributed by atoms with van der Waals surface area (Å²) in [5, 5.41) is 10.7. The Labute approximate surface area is 92.3 Å². The van der Waals surface area contributed by atoms with Gasteiger partial charge in [0.15, 0.2) is 0 Å². The molecule has 2 aliphatic rings. The number of rotatable bonds is 1. The van der Waals surface area contributed by atoms with E-state index in [9.17, 15) is 5.11 Å². The van der Waals surface area contributed by atoms with Crippen LogP contribution in [0.1, 0.15) is 46.5 Å². The molecule has 0 aromatic carbocycles. The molecule has 1 heterocycles.